The highest BCUT2D eigenvalue weighted by Gasteiger charge is 2.19. The molecule has 0 atom stereocenters. The number of hydrogen-bond acceptors (Lipinski definition) is 3. The summed E-state index contributed by atoms with van der Waals surface area (Å²) in [5.74, 6) is 1.71. The Balaban J connectivity index is 1.44. The van der Waals surface area contributed by atoms with E-state index in [1.165, 1.54) is 0 Å². The molecule has 0 fully saturated rings. The smallest absolute Gasteiger partial charge is 0.287 e. The molecule has 4 nitrogen and oxygen atoms in total. The van der Waals surface area contributed by atoms with Crippen LogP contribution in [0.25, 0.3) is 11.0 Å². The number of carbonyl (C=O) groups excluding carboxylic acids is 1. The van der Waals surface area contributed by atoms with Crippen LogP contribution in [-0.4, -0.2) is 5.91 Å². The molecule has 0 unspecified atom stereocenters. The third kappa shape index (κ3) is 4.02. The van der Waals surface area contributed by atoms with Gasteiger partial charge in [-0.15, -0.1) is 0 Å². The third-order valence-electron chi connectivity index (χ3n) is 4.93. The number of furan rings is 1. The molecule has 0 saturated heterocycles. The Hall–Kier alpha value is -3.53. The van der Waals surface area contributed by atoms with E-state index in [0.29, 0.717) is 12.3 Å². The lowest BCUT2D eigenvalue weighted by atomic mass is 10.0. The zero-order chi connectivity index (χ0) is 20.4. The number of hydrogen-bond donors (Lipinski definition) is 1. The summed E-state index contributed by atoms with van der Waals surface area (Å²) in [6, 6.07) is 21.4. The van der Waals surface area contributed by atoms with E-state index in [-0.39, 0.29) is 5.91 Å². The molecule has 1 heterocycles. The number of amides is 1. The van der Waals surface area contributed by atoms with Gasteiger partial charge in [0.25, 0.3) is 5.91 Å². The monoisotopic (exact) mass is 385 g/mol. The molecule has 0 saturated carbocycles. The lowest BCUT2D eigenvalue weighted by Gasteiger charge is -2.07. The Morgan fingerprint density at radius 3 is 2.34 bits per heavy atom. The molecule has 0 radical (unpaired) electrons. The lowest BCUT2D eigenvalue weighted by molar-refractivity contribution is 0.0924. The molecule has 4 aromatic rings. The van der Waals surface area contributed by atoms with Crippen molar-refractivity contribution in [2.45, 2.75) is 27.3 Å². The Kier molecular flexibility index (Phi) is 5.09. The van der Waals surface area contributed by atoms with Crippen LogP contribution in [0, 0.1) is 20.8 Å². The van der Waals surface area contributed by atoms with Gasteiger partial charge in [-0.05, 0) is 67.8 Å². The van der Waals surface area contributed by atoms with Crippen molar-refractivity contribution in [3.8, 4) is 11.5 Å². The first-order valence-corrected chi connectivity index (χ1v) is 9.61. The minimum Gasteiger partial charge on any atom is -0.457 e. The number of nitrogens with one attached hydrogen (secondary N) is 1. The summed E-state index contributed by atoms with van der Waals surface area (Å²) in [4.78, 5) is 12.7. The fourth-order valence-corrected chi connectivity index (χ4v) is 3.57. The molecule has 1 amide bonds. The molecular formula is C25H23NO3. The van der Waals surface area contributed by atoms with Crippen LogP contribution < -0.4 is 10.1 Å². The fourth-order valence-electron chi connectivity index (χ4n) is 3.57. The van der Waals surface area contributed by atoms with Crippen LogP contribution in [0.3, 0.4) is 0 Å². The Bertz CT molecular complexity index is 1160. The van der Waals surface area contributed by atoms with E-state index in [1.54, 1.807) is 0 Å². The molecule has 0 bridgehead atoms. The van der Waals surface area contributed by atoms with Gasteiger partial charge >= 0.3 is 0 Å². The Morgan fingerprint density at radius 1 is 0.931 bits per heavy atom. The first-order valence-electron chi connectivity index (χ1n) is 9.61. The number of rotatable bonds is 5. The van der Waals surface area contributed by atoms with Crippen molar-refractivity contribution < 1.29 is 13.9 Å². The van der Waals surface area contributed by atoms with Crippen LogP contribution in [0.4, 0.5) is 0 Å². The summed E-state index contributed by atoms with van der Waals surface area (Å²) in [7, 11) is 0. The van der Waals surface area contributed by atoms with E-state index in [9.17, 15) is 4.79 Å². The van der Waals surface area contributed by atoms with Gasteiger partial charge in [0.15, 0.2) is 5.76 Å². The third-order valence-corrected chi connectivity index (χ3v) is 4.93. The summed E-state index contributed by atoms with van der Waals surface area (Å²) >= 11 is 0. The highest BCUT2D eigenvalue weighted by Crippen LogP contribution is 2.29. The van der Waals surface area contributed by atoms with Gasteiger partial charge in [-0.25, -0.2) is 0 Å². The van der Waals surface area contributed by atoms with Crippen molar-refractivity contribution in [3.05, 3.63) is 94.7 Å². The maximum Gasteiger partial charge on any atom is 0.287 e. The van der Waals surface area contributed by atoms with Gasteiger partial charge in [-0.2, -0.15) is 0 Å². The second-order valence-corrected chi connectivity index (χ2v) is 7.25. The standard InChI is InChI=1S/C25H23NO3/c1-16-13-17(2)23-18(3)24(29-22(23)14-16)25(27)26-15-19-9-11-21(12-10-19)28-20-7-5-4-6-8-20/h4-14H,15H2,1-3H3,(H,26,27). The highest BCUT2D eigenvalue weighted by molar-refractivity contribution is 5.99. The molecule has 29 heavy (non-hydrogen) atoms. The Labute approximate surface area is 170 Å². The van der Waals surface area contributed by atoms with E-state index >= 15 is 0 Å². The molecule has 0 spiro atoms. The van der Waals surface area contributed by atoms with Gasteiger partial charge < -0.3 is 14.5 Å². The molecule has 146 valence electrons. The molecular weight excluding hydrogens is 362 g/mol. The van der Waals surface area contributed by atoms with Crippen LogP contribution in [-0.2, 0) is 6.54 Å². The van der Waals surface area contributed by atoms with Crippen LogP contribution >= 0.6 is 0 Å². The van der Waals surface area contributed by atoms with Gasteiger partial charge in [-0.1, -0.05) is 36.4 Å². The minimum atomic E-state index is -0.208. The zero-order valence-electron chi connectivity index (χ0n) is 16.8. The van der Waals surface area contributed by atoms with E-state index in [4.69, 9.17) is 9.15 Å². The van der Waals surface area contributed by atoms with E-state index in [0.717, 1.165) is 44.7 Å². The van der Waals surface area contributed by atoms with Crippen molar-refractivity contribution in [2.24, 2.45) is 0 Å². The average molecular weight is 385 g/mol. The quantitative estimate of drug-likeness (QED) is 0.453. The van der Waals surface area contributed by atoms with E-state index < -0.39 is 0 Å². The van der Waals surface area contributed by atoms with E-state index in [2.05, 4.69) is 11.4 Å². The molecule has 0 aliphatic rings. The number of benzene rings is 3. The summed E-state index contributed by atoms with van der Waals surface area (Å²) in [6.07, 6.45) is 0. The fraction of sp³-hybridized carbons (Fsp3) is 0.160. The molecule has 1 N–H and O–H groups in total. The zero-order valence-corrected chi connectivity index (χ0v) is 16.8. The van der Waals surface area contributed by atoms with Gasteiger partial charge in [0.1, 0.15) is 17.1 Å². The average Bonchev–Trinajstić information content (AvgIpc) is 3.04. The number of ether oxygens (including phenoxy) is 1. The molecule has 0 aliphatic heterocycles. The summed E-state index contributed by atoms with van der Waals surface area (Å²) in [6.45, 7) is 6.41. The second-order valence-electron chi connectivity index (χ2n) is 7.25. The number of aryl methyl sites for hydroxylation is 3. The largest absolute Gasteiger partial charge is 0.457 e. The normalized spacial score (nSPS) is 10.9. The van der Waals surface area contributed by atoms with Gasteiger partial charge in [0.2, 0.25) is 0 Å². The van der Waals surface area contributed by atoms with Gasteiger partial charge in [0.05, 0.1) is 0 Å². The van der Waals surface area contributed by atoms with Crippen molar-refractivity contribution in [1.29, 1.82) is 0 Å². The number of fused-ring (bicyclic) bond motifs is 1. The first-order chi connectivity index (χ1) is 14.0. The maximum atomic E-state index is 12.7. The van der Waals surface area contributed by atoms with Crippen LogP contribution in [0.2, 0.25) is 0 Å². The van der Waals surface area contributed by atoms with Crippen molar-refractivity contribution >= 4 is 16.9 Å². The lowest BCUT2D eigenvalue weighted by Crippen LogP contribution is -2.22. The van der Waals surface area contributed by atoms with Crippen LogP contribution in [0.15, 0.2) is 71.1 Å². The predicted molar refractivity (Wildman–Crippen MR) is 115 cm³/mol. The number of carbonyl (C=O) groups is 1. The van der Waals surface area contributed by atoms with Crippen LogP contribution in [0.5, 0.6) is 11.5 Å². The summed E-state index contributed by atoms with van der Waals surface area (Å²) in [5, 5.41) is 3.96. The molecule has 1 aromatic heterocycles. The molecule has 4 rings (SSSR count). The van der Waals surface area contributed by atoms with Crippen molar-refractivity contribution in [3.63, 3.8) is 0 Å². The predicted octanol–water partition coefficient (Wildman–Crippen LogP) is 6.08. The minimum absolute atomic E-state index is 0.208. The van der Waals surface area contributed by atoms with Crippen molar-refractivity contribution in [2.75, 3.05) is 0 Å². The molecule has 3 aromatic carbocycles. The first kappa shape index (κ1) is 18.8. The summed E-state index contributed by atoms with van der Waals surface area (Å²) in [5.41, 5.74) is 4.86. The van der Waals surface area contributed by atoms with E-state index in [1.807, 2.05) is 81.4 Å². The SMILES string of the molecule is Cc1cc(C)c2c(C)c(C(=O)NCc3ccc(Oc4ccccc4)cc3)oc2c1. The van der Waals surface area contributed by atoms with Gasteiger partial charge in [-0.3, -0.25) is 4.79 Å². The maximum absolute atomic E-state index is 12.7. The number of para-hydroxylation sites is 1. The second kappa shape index (κ2) is 7.84. The molecule has 4 heteroatoms. The van der Waals surface area contributed by atoms with Crippen LogP contribution in [0.1, 0.15) is 32.8 Å². The topological polar surface area (TPSA) is 51.5 Å². The Morgan fingerprint density at radius 2 is 1.62 bits per heavy atom. The van der Waals surface area contributed by atoms with Crippen molar-refractivity contribution in [1.82, 2.24) is 5.32 Å². The summed E-state index contributed by atoms with van der Waals surface area (Å²) < 4.78 is 11.7. The molecule has 0 aliphatic carbocycles. The van der Waals surface area contributed by atoms with Gasteiger partial charge in [0, 0.05) is 17.5 Å². The highest BCUT2D eigenvalue weighted by atomic mass is 16.5.